The summed E-state index contributed by atoms with van der Waals surface area (Å²) < 4.78 is 0. The molecule has 92 valence electrons. The molecule has 0 radical (unpaired) electrons. The second-order valence-corrected chi connectivity index (χ2v) is 4.29. The maximum atomic E-state index is 11.9. The van der Waals surface area contributed by atoms with Crippen LogP contribution in [0.3, 0.4) is 0 Å². The van der Waals surface area contributed by atoms with Crippen molar-refractivity contribution in [2.75, 3.05) is 5.32 Å². The molecule has 0 aliphatic rings. The van der Waals surface area contributed by atoms with Crippen molar-refractivity contribution in [3.05, 3.63) is 63.0 Å². The van der Waals surface area contributed by atoms with Crippen LogP contribution in [0, 0.1) is 6.92 Å². The zero-order valence-electron chi connectivity index (χ0n) is 9.66. The number of aromatic nitrogens is 1. The minimum atomic E-state index is -0.281. The van der Waals surface area contributed by atoms with Gasteiger partial charge in [0.25, 0.3) is 5.91 Å². The van der Waals surface area contributed by atoms with Crippen molar-refractivity contribution in [2.45, 2.75) is 6.92 Å². The zero-order chi connectivity index (χ0) is 13.1. The van der Waals surface area contributed by atoms with Gasteiger partial charge >= 0.3 is 0 Å². The van der Waals surface area contributed by atoms with Gasteiger partial charge in [-0.15, -0.1) is 0 Å². The molecule has 0 unspecified atom stereocenters. The lowest BCUT2D eigenvalue weighted by Crippen LogP contribution is -2.15. The summed E-state index contributed by atoms with van der Waals surface area (Å²) in [5.41, 5.74) is 1.72. The lowest BCUT2D eigenvalue weighted by molar-refractivity contribution is 0.102. The van der Waals surface area contributed by atoms with E-state index in [4.69, 9.17) is 11.6 Å². The van der Waals surface area contributed by atoms with Crippen molar-refractivity contribution in [1.82, 2.24) is 4.98 Å². The third-order valence-electron chi connectivity index (χ3n) is 2.48. The second-order valence-electron chi connectivity index (χ2n) is 3.85. The van der Waals surface area contributed by atoms with Crippen LogP contribution in [0.4, 0.5) is 5.69 Å². The largest absolute Gasteiger partial charge is 0.328 e. The zero-order valence-corrected chi connectivity index (χ0v) is 10.4. The van der Waals surface area contributed by atoms with Crippen LogP contribution in [0.2, 0.25) is 5.02 Å². The molecule has 1 aromatic heterocycles. The Bertz CT molecular complexity index is 629. The lowest BCUT2D eigenvalue weighted by atomic mass is 10.2. The lowest BCUT2D eigenvalue weighted by Gasteiger charge is -2.08. The topological polar surface area (TPSA) is 62.0 Å². The van der Waals surface area contributed by atoms with Crippen molar-refractivity contribution >= 4 is 23.2 Å². The number of carbonyl (C=O) groups is 1. The van der Waals surface area contributed by atoms with E-state index >= 15 is 0 Å². The summed E-state index contributed by atoms with van der Waals surface area (Å²) in [6, 6.07) is 7.99. The molecule has 0 saturated heterocycles. The van der Waals surface area contributed by atoms with Gasteiger partial charge in [-0.25, -0.2) is 0 Å². The van der Waals surface area contributed by atoms with E-state index in [1.807, 2.05) is 6.92 Å². The van der Waals surface area contributed by atoms with Crippen LogP contribution in [0.25, 0.3) is 0 Å². The van der Waals surface area contributed by atoms with E-state index in [0.717, 1.165) is 5.56 Å². The number of amides is 1. The van der Waals surface area contributed by atoms with Gasteiger partial charge in [0.15, 0.2) is 0 Å². The van der Waals surface area contributed by atoms with Crippen molar-refractivity contribution in [2.24, 2.45) is 0 Å². The van der Waals surface area contributed by atoms with Gasteiger partial charge in [-0.05, 0) is 36.8 Å². The molecule has 0 atom stereocenters. The van der Waals surface area contributed by atoms with Gasteiger partial charge in [0.1, 0.15) is 0 Å². The molecule has 0 aliphatic carbocycles. The van der Waals surface area contributed by atoms with E-state index in [1.54, 1.807) is 18.2 Å². The van der Waals surface area contributed by atoms with Gasteiger partial charge < -0.3 is 10.3 Å². The molecule has 2 aromatic rings. The highest BCUT2D eigenvalue weighted by atomic mass is 35.5. The summed E-state index contributed by atoms with van der Waals surface area (Å²) in [5, 5.41) is 3.37. The number of nitrogens with one attached hydrogen (secondary N) is 2. The maximum absolute atomic E-state index is 11.9. The summed E-state index contributed by atoms with van der Waals surface area (Å²) in [7, 11) is 0. The predicted molar refractivity (Wildman–Crippen MR) is 71.2 cm³/mol. The number of rotatable bonds is 2. The van der Waals surface area contributed by atoms with Crippen LogP contribution >= 0.6 is 11.6 Å². The van der Waals surface area contributed by atoms with E-state index in [1.165, 1.54) is 18.3 Å². The van der Waals surface area contributed by atoms with E-state index in [2.05, 4.69) is 10.3 Å². The Kier molecular flexibility index (Phi) is 3.48. The minimum Gasteiger partial charge on any atom is -0.328 e. The summed E-state index contributed by atoms with van der Waals surface area (Å²) >= 11 is 5.84. The number of H-pyrrole nitrogens is 1. The molecule has 0 aliphatic heterocycles. The van der Waals surface area contributed by atoms with Gasteiger partial charge in [-0.2, -0.15) is 0 Å². The van der Waals surface area contributed by atoms with Gasteiger partial charge in [0.05, 0.1) is 5.56 Å². The minimum absolute atomic E-state index is 0.241. The van der Waals surface area contributed by atoms with E-state index in [-0.39, 0.29) is 11.5 Å². The number of halogens is 1. The Morgan fingerprint density at radius 2 is 2.06 bits per heavy atom. The van der Waals surface area contributed by atoms with Crippen molar-refractivity contribution in [3.63, 3.8) is 0 Å². The molecule has 1 heterocycles. The van der Waals surface area contributed by atoms with Crippen molar-refractivity contribution in [3.8, 4) is 0 Å². The Balaban J connectivity index is 2.21. The standard InChI is InChI=1S/C13H11ClN2O2/c1-8-6-10(14)3-4-11(8)16-13(18)9-2-5-12(17)15-7-9/h2-7H,1H3,(H,15,17)(H,16,18). The fourth-order valence-corrected chi connectivity index (χ4v) is 1.74. The summed E-state index contributed by atoms with van der Waals surface area (Å²) in [6.07, 6.45) is 1.38. The van der Waals surface area contributed by atoms with Gasteiger partial charge in [0, 0.05) is 23.0 Å². The third-order valence-corrected chi connectivity index (χ3v) is 2.72. The fourth-order valence-electron chi connectivity index (χ4n) is 1.51. The summed E-state index contributed by atoms with van der Waals surface area (Å²) in [6.45, 7) is 1.86. The van der Waals surface area contributed by atoms with Crippen LogP contribution in [0.1, 0.15) is 15.9 Å². The first-order valence-corrected chi connectivity index (χ1v) is 5.70. The monoisotopic (exact) mass is 262 g/mol. The van der Waals surface area contributed by atoms with Crippen LogP contribution in [0.15, 0.2) is 41.3 Å². The molecule has 1 aromatic carbocycles. The average molecular weight is 263 g/mol. The first-order valence-electron chi connectivity index (χ1n) is 5.32. The first kappa shape index (κ1) is 12.4. The smallest absolute Gasteiger partial charge is 0.257 e. The number of benzene rings is 1. The number of anilines is 1. The number of hydrogen-bond donors (Lipinski definition) is 2. The molecule has 2 rings (SSSR count). The highest BCUT2D eigenvalue weighted by molar-refractivity contribution is 6.30. The molecule has 1 amide bonds. The van der Waals surface area contributed by atoms with Gasteiger partial charge in [0.2, 0.25) is 5.56 Å². The fraction of sp³-hybridized carbons (Fsp3) is 0.0769. The number of carbonyl (C=O) groups excluding carboxylic acids is 1. The predicted octanol–water partition coefficient (Wildman–Crippen LogP) is 2.59. The molecule has 5 heteroatoms. The molecule has 4 nitrogen and oxygen atoms in total. The molecule has 0 bridgehead atoms. The van der Waals surface area contributed by atoms with Crippen molar-refractivity contribution < 1.29 is 4.79 Å². The highest BCUT2D eigenvalue weighted by Gasteiger charge is 2.07. The van der Waals surface area contributed by atoms with Crippen LogP contribution in [0.5, 0.6) is 0 Å². The number of pyridine rings is 1. The molecular weight excluding hydrogens is 252 g/mol. The Labute approximate surface area is 109 Å². The maximum Gasteiger partial charge on any atom is 0.257 e. The Hall–Kier alpha value is -2.07. The average Bonchev–Trinajstić information content (AvgIpc) is 2.33. The number of aromatic amines is 1. The van der Waals surface area contributed by atoms with Gasteiger partial charge in [-0.1, -0.05) is 11.6 Å². The molecule has 0 saturated carbocycles. The normalized spacial score (nSPS) is 10.1. The highest BCUT2D eigenvalue weighted by Crippen LogP contribution is 2.20. The third kappa shape index (κ3) is 2.78. The van der Waals surface area contributed by atoms with E-state index < -0.39 is 0 Å². The SMILES string of the molecule is Cc1cc(Cl)ccc1NC(=O)c1ccc(=O)[nH]c1. The molecule has 18 heavy (non-hydrogen) atoms. The Morgan fingerprint density at radius 3 is 2.67 bits per heavy atom. The van der Waals surface area contributed by atoms with Crippen LogP contribution in [-0.2, 0) is 0 Å². The first-order chi connectivity index (χ1) is 8.56. The summed E-state index contributed by atoms with van der Waals surface area (Å²) in [5.74, 6) is -0.281. The van der Waals surface area contributed by atoms with E-state index in [0.29, 0.717) is 16.3 Å². The molecule has 2 N–H and O–H groups in total. The number of aryl methyl sites for hydroxylation is 1. The van der Waals surface area contributed by atoms with Crippen molar-refractivity contribution in [1.29, 1.82) is 0 Å². The Morgan fingerprint density at radius 1 is 1.28 bits per heavy atom. The molecule has 0 fully saturated rings. The summed E-state index contributed by atoms with van der Waals surface area (Å²) in [4.78, 5) is 25.2. The van der Waals surface area contributed by atoms with Crippen LogP contribution < -0.4 is 10.9 Å². The second kappa shape index (κ2) is 5.06. The molecular formula is C13H11ClN2O2. The molecule has 0 spiro atoms. The van der Waals surface area contributed by atoms with Crippen LogP contribution in [-0.4, -0.2) is 10.9 Å². The number of hydrogen-bond acceptors (Lipinski definition) is 2. The quantitative estimate of drug-likeness (QED) is 0.874. The van der Waals surface area contributed by atoms with Gasteiger partial charge in [-0.3, -0.25) is 9.59 Å². The van der Waals surface area contributed by atoms with E-state index in [9.17, 15) is 9.59 Å².